The van der Waals surface area contributed by atoms with Gasteiger partial charge in [0.1, 0.15) is 12.1 Å². The number of benzene rings is 1. The maximum absolute atomic E-state index is 14.5. The number of hydrogen-bond donors (Lipinski definition) is 1. The summed E-state index contributed by atoms with van der Waals surface area (Å²) in [6, 6.07) is 2.29. The Labute approximate surface area is 131 Å². The largest absolute Gasteiger partial charge is 0.311 e. The molecule has 2 heterocycles. The summed E-state index contributed by atoms with van der Waals surface area (Å²) in [6.45, 7) is 0. The van der Waals surface area contributed by atoms with E-state index in [0.717, 1.165) is 29.2 Å². The molecule has 0 radical (unpaired) electrons. The molecule has 0 fully saturated rings. The third-order valence-corrected chi connectivity index (χ3v) is 5.18. The van der Waals surface area contributed by atoms with Crippen LogP contribution in [0.15, 0.2) is 37.5 Å². The number of halogens is 2. The molecule has 0 atom stereocenters. The molecule has 0 aliphatic rings. The molecule has 0 amide bonds. The van der Waals surface area contributed by atoms with Crippen LogP contribution in [-0.2, 0) is 7.05 Å². The van der Waals surface area contributed by atoms with E-state index < -0.39 is 17.1 Å². The van der Waals surface area contributed by atoms with E-state index in [9.17, 15) is 13.6 Å². The standard InChI is InChI=1S/C12H7F2N3OS3/c1-17-4-15-16-12(17)21-11-6(13)2-5-7(18)3-8(19)20-10(5)9(11)14/h2-4,19H,1H3. The second-order valence-corrected chi connectivity index (χ2v) is 6.97. The lowest BCUT2D eigenvalue weighted by Crippen LogP contribution is -2.02. The van der Waals surface area contributed by atoms with E-state index in [2.05, 4.69) is 22.8 Å². The van der Waals surface area contributed by atoms with Crippen molar-refractivity contribution in [2.45, 2.75) is 14.3 Å². The Kier molecular flexibility index (Phi) is 3.72. The summed E-state index contributed by atoms with van der Waals surface area (Å²) < 4.78 is 30.6. The van der Waals surface area contributed by atoms with Gasteiger partial charge >= 0.3 is 0 Å². The third-order valence-electron chi connectivity index (χ3n) is 2.72. The quantitative estimate of drug-likeness (QED) is 0.727. The van der Waals surface area contributed by atoms with E-state index in [1.807, 2.05) is 0 Å². The molecule has 4 nitrogen and oxygen atoms in total. The van der Waals surface area contributed by atoms with Crippen molar-refractivity contribution in [1.82, 2.24) is 14.8 Å². The molecule has 2 aromatic heterocycles. The fraction of sp³-hybridized carbons (Fsp3) is 0.0833. The van der Waals surface area contributed by atoms with Crippen molar-refractivity contribution in [1.29, 1.82) is 0 Å². The van der Waals surface area contributed by atoms with E-state index in [-0.39, 0.29) is 15.0 Å². The summed E-state index contributed by atoms with van der Waals surface area (Å²) in [7, 11) is 1.67. The summed E-state index contributed by atoms with van der Waals surface area (Å²) in [5.74, 6) is -1.58. The third kappa shape index (κ3) is 2.56. The molecule has 108 valence electrons. The van der Waals surface area contributed by atoms with Crippen LogP contribution >= 0.6 is 35.7 Å². The number of hydrogen-bond acceptors (Lipinski definition) is 6. The van der Waals surface area contributed by atoms with Gasteiger partial charge in [0.05, 0.1) is 13.8 Å². The van der Waals surface area contributed by atoms with E-state index in [4.69, 9.17) is 0 Å². The van der Waals surface area contributed by atoms with Crippen molar-refractivity contribution in [2.24, 2.45) is 7.05 Å². The highest BCUT2D eigenvalue weighted by atomic mass is 32.2. The minimum atomic E-state index is -0.802. The van der Waals surface area contributed by atoms with Gasteiger partial charge < -0.3 is 4.57 Å². The van der Waals surface area contributed by atoms with Crippen LogP contribution in [0.3, 0.4) is 0 Å². The van der Waals surface area contributed by atoms with Crippen LogP contribution < -0.4 is 5.43 Å². The first-order chi connectivity index (χ1) is 9.97. The summed E-state index contributed by atoms with van der Waals surface area (Å²) in [4.78, 5) is 11.6. The van der Waals surface area contributed by atoms with Crippen LogP contribution in [0.4, 0.5) is 8.78 Å². The molecule has 1 aromatic carbocycles. The Balaban J connectivity index is 2.24. The number of thiol groups is 1. The van der Waals surface area contributed by atoms with Gasteiger partial charge in [-0.1, -0.05) is 0 Å². The first kappa shape index (κ1) is 14.5. The van der Waals surface area contributed by atoms with Gasteiger partial charge in [-0.2, -0.15) is 0 Å². The summed E-state index contributed by atoms with van der Waals surface area (Å²) in [5.41, 5.74) is -0.457. The molecule has 0 unspecified atom stereocenters. The van der Waals surface area contributed by atoms with Gasteiger partial charge in [0.25, 0.3) is 0 Å². The van der Waals surface area contributed by atoms with Crippen LogP contribution in [0.25, 0.3) is 10.1 Å². The average Bonchev–Trinajstić information content (AvgIpc) is 2.82. The second-order valence-electron chi connectivity index (χ2n) is 4.15. The molecule has 3 aromatic rings. The van der Waals surface area contributed by atoms with Crippen LogP contribution in [0, 0.1) is 11.6 Å². The lowest BCUT2D eigenvalue weighted by atomic mass is 10.2. The molecule has 0 bridgehead atoms. The van der Waals surface area contributed by atoms with E-state index in [1.165, 1.54) is 12.4 Å². The highest BCUT2D eigenvalue weighted by Crippen LogP contribution is 2.36. The van der Waals surface area contributed by atoms with Crippen molar-refractivity contribution in [3.05, 3.63) is 40.3 Å². The van der Waals surface area contributed by atoms with Crippen molar-refractivity contribution < 1.29 is 8.78 Å². The Morgan fingerprint density at radius 2 is 2.14 bits per heavy atom. The first-order valence-electron chi connectivity index (χ1n) is 5.64. The molecule has 0 spiro atoms. The minimum absolute atomic E-state index is 0.00937. The molecule has 0 aliphatic carbocycles. The zero-order chi connectivity index (χ0) is 15.1. The second kappa shape index (κ2) is 5.39. The Hall–Kier alpha value is -1.45. The van der Waals surface area contributed by atoms with Crippen molar-refractivity contribution in [2.75, 3.05) is 0 Å². The fourth-order valence-electron chi connectivity index (χ4n) is 1.74. The smallest absolute Gasteiger partial charge is 0.195 e. The summed E-state index contributed by atoms with van der Waals surface area (Å²) in [5, 5.41) is 7.79. The zero-order valence-electron chi connectivity index (χ0n) is 10.5. The van der Waals surface area contributed by atoms with Crippen LogP contribution in [0.5, 0.6) is 0 Å². The molecule has 0 saturated carbocycles. The first-order valence-corrected chi connectivity index (χ1v) is 7.72. The van der Waals surface area contributed by atoms with E-state index in [1.54, 1.807) is 11.6 Å². The van der Waals surface area contributed by atoms with Gasteiger partial charge in [0, 0.05) is 18.5 Å². The number of rotatable bonds is 2. The lowest BCUT2D eigenvalue weighted by molar-refractivity contribution is 0.550. The molecule has 9 heteroatoms. The molecular weight excluding hydrogens is 336 g/mol. The average molecular weight is 343 g/mol. The molecule has 21 heavy (non-hydrogen) atoms. The van der Waals surface area contributed by atoms with Crippen molar-refractivity contribution >= 4 is 45.8 Å². The number of nitrogens with zero attached hydrogens (tertiary/aromatic N) is 3. The molecule has 0 saturated heterocycles. The normalized spacial score (nSPS) is 11.2. The number of aryl methyl sites for hydroxylation is 1. The molecule has 0 aliphatic heterocycles. The van der Waals surface area contributed by atoms with Crippen LogP contribution in [-0.4, -0.2) is 14.8 Å². The topological polar surface area (TPSA) is 47.8 Å². The number of fused-ring (bicyclic) bond motifs is 1. The number of aromatic nitrogens is 3. The maximum Gasteiger partial charge on any atom is 0.195 e. The molecule has 3 rings (SSSR count). The monoisotopic (exact) mass is 343 g/mol. The Morgan fingerprint density at radius 3 is 2.81 bits per heavy atom. The summed E-state index contributed by atoms with van der Waals surface area (Å²) >= 11 is 5.88. The minimum Gasteiger partial charge on any atom is -0.311 e. The summed E-state index contributed by atoms with van der Waals surface area (Å²) in [6.07, 6.45) is 1.43. The Bertz CT molecular complexity index is 907. The van der Waals surface area contributed by atoms with E-state index in [0.29, 0.717) is 9.37 Å². The van der Waals surface area contributed by atoms with Gasteiger partial charge in [-0.25, -0.2) is 8.78 Å². The maximum atomic E-state index is 14.5. The highest BCUT2D eigenvalue weighted by molar-refractivity contribution is 7.99. The predicted molar refractivity (Wildman–Crippen MR) is 80.4 cm³/mol. The predicted octanol–water partition coefficient (Wildman–Crippen LogP) is 3.11. The van der Waals surface area contributed by atoms with Gasteiger partial charge in [-0.05, 0) is 17.8 Å². The van der Waals surface area contributed by atoms with Gasteiger partial charge in [0.15, 0.2) is 16.4 Å². The van der Waals surface area contributed by atoms with Crippen LogP contribution in [0.1, 0.15) is 0 Å². The van der Waals surface area contributed by atoms with Gasteiger partial charge in [-0.3, -0.25) is 4.79 Å². The van der Waals surface area contributed by atoms with Crippen molar-refractivity contribution in [3.63, 3.8) is 0 Å². The highest BCUT2D eigenvalue weighted by Gasteiger charge is 2.19. The van der Waals surface area contributed by atoms with Crippen LogP contribution in [0.2, 0.25) is 0 Å². The molecule has 0 N–H and O–H groups in total. The van der Waals surface area contributed by atoms with E-state index >= 15 is 0 Å². The zero-order valence-corrected chi connectivity index (χ0v) is 13.0. The van der Waals surface area contributed by atoms with Crippen molar-refractivity contribution in [3.8, 4) is 0 Å². The Morgan fingerprint density at radius 1 is 1.38 bits per heavy atom. The van der Waals surface area contributed by atoms with Gasteiger partial charge in [-0.15, -0.1) is 34.2 Å². The SMILES string of the molecule is Cn1cnnc1Sc1c(F)cc2c(=O)cc(S)sc2c1F. The van der Waals surface area contributed by atoms with Gasteiger partial charge in [0.2, 0.25) is 0 Å². The fourth-order valence-corrected chi connectivity index (χ4v) is 3.84. The lowest BCUT2D eigenvalue weighted by Gasteiger charge is -2.07. The molecular formula is C12H7F2N3OS3.